The van der Waals surface area contributed by atoms with E-state index in [-0.39, 0.29) is 24.0 Å². The largest absolute Gasteiger partial charge is 0.490 e. The number of benzene rings is 1. The number of halogens is 2. The van der Waals surface area contributed by atoms with Gasteiger partial charge in [0.15, 0.2) is 11.5 Å². The number of nitrogens with one attached hydrogen (secondary N) is 2. The zero-order chi connectivity index (χ0) is 18.8. The molecule has 8 heteroatoms. The molecule has 0 aliphatic heterocycles. The van der Waals surface area contributed by atoms with Crippen LogP contribution in [0.2, 0.25) is 0 Å². The molecule has 0 saturated heterocycles. The lowest BCUT2D eigenvalue weighted by Gasteiger charge is -2.12. The Balaban J connectivity index is 2.77. The minimum Gasteiger partial charge on any atom is -0.490 e. The number of likely N-dealkylation sites (N-methyl/N-ethyl adjacent to an activating group) is 1. The first kappa shape index (κ1) is 20.4. The van der Waals surface area contributed by atoms with Gasteiger partial charge in [-0.2, -0.15) is 8.78 Å². The van der Waals surface area contributed by atoms with Crippen molar-refractivity contribution in [3.05, 3.63) is 29.8 Å². The van der Waals surface area contributed by atoms with E-state index < -0.39 is 18.6 Å². The third kappa shape index (κ3) is 7.19. The van der Waals surface area contributed by atoms with Crippen molar-refractivity contribution in [1.82, 2.24) is 10.6 Å². The quantitative estimate of drug-likeness (QED) is 0.666. The molecule has 0 spiro atoms. The summed E-state index contributed by atoms with van der Waals surface area (Å²) in [6, 6.07) is 3.67. The molecule has 0 unspecified atom stereocenters. The molecule has 0 bridgehead atoms. The molecule has 1 aromatic rings. The van der Waals surface area contributed by atoms with Crippen molar-refractivity contribution < 1.29 is 27.8 Å². The monoisotopic (exact) mass is 356 g/mol. The molecule has 0 fully saturated rings. The van der Waals surface area contributed by atoms with Crippen LogP contribution in [-0.2, 0) is 9.59 Å². The maximum absolute atomic E-state index is 12.4. The summed E-state index contributed by atoms with van der Waals surface area (Å²) in [5, 5.41) is 5.12. The predicted octanol–water partition coefficient (Wildman–Crippen LogP) is 2.34. The van der Waals surface area contributed by atoms with Crippen LogP contribution >= 0.6 is 0 Å². The summed E-state index contributed by atoms with van der Waals surface area (Å²) in [5.41, 5.74) is 0.561. The van der Waals surface area contributed by atoms with Crippen LogP contribution in [0.15, 0.2) is 24.3 Å². The highest BCUT2D eigenvalue weighted by Gasteiger charge is 2.13. The van der Waals surface area contributed by atoms with Gasteiger partial charge in [-0.05, 0) is 44.5 Å². The van der Waals surface area contributed by atoms with Crippen LogP contribution in [0.4, 0.5) is 8.78 Å². The smallest absolute Gasteiger partial charge is 0.387 e. The van der Waals surface area contributed by atoms with Gasteiger partial charge >= 0.3 is 6.61 Å². The molecule has 0 aromatic heterocycles. The van der Waals surface area contributed by atoms with E-state index in [0.29, 0.717) is 12.1 Å². The molecule has 0 aliphatic rings. The Bertz CT molecular complexity index is 621. The second-order valence-electron chi connectivity index (χ2n) is 4.98. The first-order valence-corrected chi connectivity index (χ1v) is 7.85. The number of ether oxygens (including phenoxy) is 2. The van der Waals surface area contributed by atoms with Crippen LogP contribution in [-0.4, -0.2) is 37.6 Å². The summed E-state index contributed by atoms with van der Waals surface area (Å²) >= 11 is 0. The standard InChI is InChI=1S/C17H22F2N2O4/c1-4-20-16(23)11(3)21-15(22)9-7-12-6-8-13(25-17(18)19)14(10-12)24-5-2/h6-11,17H,4-5H2,1-3H3,(H,20,23)(H,21,22)/b9-7+/t11-/m0/s1. The van der Waals surface area contributed by atoms with E-state index >= 15 is 0 Å². The van der Waals surface area contributed by atoms with Gasteiger partial charge < -0.3 is 20.1 Å². The van der Waals surface area contributed by atoms with Gasteiger partial charge in [0.2, 0.25) is 11.8 Å². The fraction of sp³-hybridized carbons (Fsp3) is 0.412. The van der Waals surface area contributed by atoms with E-state index in [1.54, 1.807) is 20.8 Å². The van der Waals surface area contributed by atoms with Gasteiger partial charge in [-0.15, -0.1) is 0 Å². The van der Waals surface area contributed by atoms with Gasteiger partial charge in [0.25, 0.3) is 0 Å². The van der Waals surface area contributed by atoms with E-state index in [1.807, 2.05) is 0 Å². The average Bonchev–Trinajstić information content (AvgIpc) is 2.55. The second kappa shape index (κ2) is 10.3. The Kier molecular flexibility index (Phi) is 8.38. The van der Waals surface area contributed by atoms with Crippen LogP contribution in [0.5, 0.6) is 11.5 Å². The lowest BCUT2D eigenvalue weighted by molar-refractivity contribution is -0.126. The molecule has 0 saturated carbocycles. The first-order chi connectivity index (χ1) is 11.9. The maximum atomic E-state index is 12.4. The fourth-order valence-electron chi connectivity index (χ4n) is 1.92. The number of hydrogen-bond donors (Lipinski definition) is 2. The highest BCUT2D eigenvalue weighted by Crippen LogP contribution is 2.30. The molecular formula is C17H22F2N2O4. The van der Waals surface area contributed by atoms with Crippen molar-refractivity contribution in [3.8, 4) is 11.5 Å². The van der Waals surface area contributed by atoms with Gasteiger partial charge in [-0.1, -0.05) is 6.07 Å². The number of amides is 2. The Hall–Kier alpha value is -2.64. The molecule has 0 aliphatic carbocycles. The van der Waals surface area contributed by atoms with E-state index in [1.165, 1.54) is 30.4 Å². The van der Waals surface area contributed by atoms with Crippen LogP contribution in [0, 0.1) is 0 Å². The number of carbonyl (C=O) groups excluding carboxylic acids is 2. The SMILES string of the molecule is CCNC(=O)[C@H](C)NC(=O)/C=C/c1ccc(OC(F)F)c(OCC)c1. The van der Waals surface area contributed by atoms with Gasteiger partial charge in [-0.3, -0.25) is 9.59 Å². The van der Waals surface area contributed by atoms with Crippen molar-refractivity contribution in [3.63, 3.8) is 0 Å². The van der Waals surface area contributed by atoms with Crippen molar-refractivity contribution in [1.29, 1.82) is 0 Å². The Morgan fingerprint density at radius 3 is 2.56 bits per heavy atom. The molecule has 6 nitrogen and oxygen atoms in total. The maximum Gasteiger partial charge on any atom is 0.387 e. The van der Waals surface area contributed by atoms with E-state index in [0.717, 1.165) is 0 Å². The summed E-state index contributed by atoms with van der Waals surface area (Å²) in [7, 11) is 0. The molecule has 2 amide bonds. The molecule has 1 rings (SSSR count). The summed E-state index contributed by atoms with van der Waals surface area (Å²) in [5.74, 6) is -0.662. The molecule has 2 N–H and O–H groups in total. The minimum atomic E-state index is -2.96. The highest BCUT2D eigenvalue weighted by molar-refractivity contribution is 5.95. The minimum absolute atomic E-state index is 0.0803. The van der Waals surface area contributed by atoms with Crippen LogP contribution in [0.3, 0.4) is 0 Å². The third-order valence-electron chi connectivity index (χ3n) is 3.01. The number of alkyl halides is 2. The van der Waals surface area contributed by atoms with Gasteiger partial charge in [-0.25, -0.2) is 0 Å². The Labute approximate surface area is 145 Å². The molecule has 0 heterocycles. The normalized spacial score (nSPS) is 12.1. The van der Waals surface area contributed by atoms with Crippen LogP contribution in [0.25, 0.3) is 6.08 Å². The number of rotatable bonds is 9. The molecule has 1 atom stereocenters. The van der Waals surface area contributed by atoms with Crippen molar-refractivity contribution in [2.45, 2.75) is 33.4 Å². The number of carbonyl (C=O) groups is 2. The van der Waals surface area contributed by atoms with Crippen LogP contribution < -0.4 is 20.1 Å². The fourth-order valence-corrected chi connectivity index (χ4v) is 1.92. The van der Waals surface area contributed by atoms with E-state index in [4.69, 9.17) is 4.74 Å². The summed E-state index contributed by atoms with van der Waals surface area (Å²) in [4.78, 5) is 23.4. The van der Waals surface area contributed by atoms with Crippen molar-refractivity contribution >= 4 is 17.9 Å². The lowest BCUT2D eigenvalue weighted by Crippen LogP contribution is -2.44. The van der Waals surface area contributed by atoms with Crippen LogP contribution in [0.1, 0.15) is 26.3 Å². The first-order valence-electron chi connectivity index (χ1n) is 7.85. The highest BCUT2D eigenvalue weighted by atomic mass is 19.3. The molecule has 1 aromatic carbocycles. The zero-order valence-corrected chi connectivity index (χ0v) is 14.3. The topological polar surface area (TPSA) is 76.7 Å². The summed E-state index contributed by atoms with van der Waals surface area (Å²) in [6.45, 7) is 2.86. The van der Waals surface area contributed by atoms with Gasteiger partial charge in [0.1, 0.15) is 6.04 Å². The number of hydrogen-bond acceptors (Lipinski definition) is 4. The zero-order valence-electron chi connectivity index (χ0n) is 14.3. The second-order valence-corrected chi connectivity index (χ2v) is 4.98. The summed E-state index contributed by atoms with van der Waals surface area (Å²) in [6.07, 6.45) is 2.73. The molecule has 138 valence electrons. The Morgan fingerprint density at radius 1 is 1.24 bits per heavy atom. The molecule has 25 heavy (non-hydrogen) atoms. The van der Waals surface area contributed by atoms with Crippen molar-refractivity contribution in [2.24, 2.45) is 0 Å². The van der Waals surface area contributed by atoms with Gasteiger partial charge in [0.05, 0.1) is 6.61 Å². The van der Waals surface area contributed by atoms with Crippen molar-refractivity contribution in [2.75, 3.05) is 13.2 Å². The molecule has 0 radical (unpaired) electrons. The van der Waals surface area contributed by atoms with Gasteiger partial charge in [0, 0.05) is 12.6 Å². The molecular weight excluding hydrogens is 334 g/mol. The van der Waals surface area contributed by atoms with E-state index in [2.05, 4.69) is 15.4 Å². The average molecular weight is 356 g/mol. The van der Waals surface area contributed by atoms with E-state index in [9.17, 15) is 18.4 Å². The summed E-state index contributed by atoms with van der Waals surface area (Å²) < 4.78 is 34.4. The lowest BCUT2D eigenvalue weighted by atomic mass is 10.2. The third-order valence-corrected chi connectivity index (χ3v) is 3.01. The predicted molar refractivity (Wildman–Crippen MR) is 89.6 cm³/mol. The Morgan fingerprint density at radius 2 is 1.96 bits per heavy atom.